The van der Waals surface area contributed by atoms with E-state index in [-0.39, 0.29) is 6.10 Å². The second-order valence-corrected chi connectivity index (χ2v) is 6.12. The van der Waals surface area contributed by atoms with Gasteiger partial charge >= 0.3 is 0 Å². The predicted molar refractivity (Wildman–Crippen MR) is 81.0 cm³/mol. The number of H-pyrrole nitrogens is 1. The Morgan fingerprint density at radius 1 is 1.43 bits per heavy atom. The number of likely N-dealkylation sites (tertiary alicyclic amines) is 1. The molecule has 114 valence electrons. The lowest BCUT2D eigenvalue weighted by molar-refractivity contribution is 0.00814. The number of ether oxygens (including phenoxy) is 1. The Hall–Kier alpha value is -1.46. The van der Waals surface area contributed by atoms with E-state index in [1.807, 2.05) is 19.1 Å². The third-order valence-corrected chi connectivity index (χ3v) is 4.08. The van der Waals surface area contributed by atoms with E-state index >= 15 is 0 Å². The number of halogens is 1. The van der Waals surface area contributed by atoms with Crippen molar-refractivity contribution in [1.82, 2.24) is 14.9 Å². The summed E-state index contributed by atoms with van der Waals surface area (Å²) in [6.45, 7) is 7.64. The molecule has 0 aliphatic carbocycles. The summed E-state index contributed by atoms with van der Waals surface area (Å²) in [5.74, 6) is 0.755. The van der Waals surface area contributed by atoms with Crippen LogP contribution in [0.4, 0.5) is 4.39 Å². The SMILES string of the molecule is Cc1ccc2nc(CO[C@H]3CN(C(C)C)C[C@H]3F)[nH]c2c1. The van der Waals surface area contributed by atoms with Crippen LogP contribution in [-0.4, -0.2) is 46.3 Å². The average molecular weight is 291 g/mol. The highest BCUT2D eigenvalue weighted by Crippen LogP contribution is 2.20. The summed E-state index contributed by atoms with van der Waals surface area (Å²) in [5.41, 5.74) is 3.11. The van der Waals surface area contributed by atoms with Gasteiger partial charge in [0.1, 0.15) is 24.7 Å². The molecule has 0 unspecified atom stereocenters. The van der Waals surface area contributed by atoms with E-state index < -0.39 is 6.17 Å². The Morgan fingerprint density at radius 3 is 2.95 bits per heavy atom. The van der Waals surface area contributed by atoms with Crippen molar-refractivity contribution in [3.63, 3.8) is 0 Å². The maximum atomic E-state index is 14.0. The highest BCUT2D eigenvalue weighted by atomic mass is 19.1. The normalized spacial score (nSPS) is 23.5. The number of fused-ring (bicyclic) bond motifs is 1. The van der Waals surface area contributed by atoms with Gasteiger partial charge in [0.2, 0.25) is 0 Å². The Balaban J connectivity index is 1.64. The number of nitrogens with zero attached hydrogens (tertiary/aromatic N) is 2. The lowest BCUT2D eigenvalue weighted by Crippen LogP contribution is -2.29. The van der Waals surface area contributed by atoms with E-state index in [1.165, 1.54) is 5.56 Å². The Morgan fingerprint density at radius 2 is 2.24 bits per heavy atom. The molecule has 5 heteroatoms. The topological polar surface area (TPSA) is 41.1 Å². The molecule has 1 saturated heterocycles. The molecular weight excluding hydrogens is 269 g/mol. The molecule has 1 aromatic heterocycles. The standard InChI is InChI=1S/C16H22FN3O/c1-10(2)20-7-12(17)15(8-20)21-9-16-18-13-5-4-11(3)6-14(13)19-16/h4-6,10,12,15H,7-9H2,1-3H3,(H,18,19)/t12-,15+/m1/s1. The molecule has 1 aliphatic rings. The molecule has 2 atom stereocenters. The number of rotatable bonds is 4. The van der Waals surface area contributed by atoms with Gasteiger partial charge in [-0.1, -0.05) is 6.07 Å². The van der Waals surface area contributed by atoms with Crippen molar-refractivity contribution >= 4 is 11.0 Å². The van der Waals surface area contributed by atoms with Crippen LogP contribution in [0.3, 0.4) is 0 Å². The third kappa shape index (κ3) is 3.09. The van der Waals surface area contributed by atoms with Crippen molar-refractivity contribution in [2.75, 3.05) is 13.1 Å². The quantitative estimate of drug-likeness (QED) is 0.941. The fourth-order valence-electron chi connectivity index (χ4n) is 2.77. The molecule has 3 rings (SSSR count). The number of benzene rings is 1. The molecule has 1 aromatic carbocycles. The first kappa shape index (κ1) is 14.5. The second-order valence-electron chi connectivity index (χ2n) is 6.12. The molecule has 0 saturated carbocycles. The first-order chi connectivity index (χ1) is 10.0. The van der Waals surface area contributed by atoms with Gasteiger partial charge in [-0.3, -0.25) is 4.90 Å². The molecule has 1 fully saturated rings. The van der Waals surface area contributed by atoms with E-state index in [9.17, 15) is 4.39 Å². The Kier molecular flexibility index (Phi) is 3.95. The molecule has 1 N–H and O–H groups in total. The van der Waals surface area contributed by atoms with Crippen molar-refractivity contribution in [2.24, 2.45) is 0 Å². The maximum absolute atomic E-state index is 14.0. The smallest absolute Gasteiger partial charge is 0.140 e. The molecule has 2 aromatic rings. The van der Waals surface area contributed by atoms with Gasteiger partial charge in [0.25, 0.3) is 0 Å². The largest absolute Gasteiger partial charge is 0.366 e. The van der Waals surface area contributed by atoms with Crippen LogP contribution in [0.2, 0.25) is 0 Å². The second kappa shape index (κ2) is 5.73. The maximum Gasteiger partial charge on any atom is 0.140 e. The van der Waals surface area contributed by atoms with Crippen molar-refractivity contribution in [3.05, 3.63) is 29.6 Å². The molecule has 21 heavy (non-hydrogen) atoms. The summed E-state index contributed by atoms with van der Waals surface area (Å²) in [6.07, 6.45) is -1.28. The van der Waals surface area contributed by atoms with Crippen LogP contribution in [0.5, 0.6) is 0 Å². The van der Waals surface area contributed by atoms with E-state index in [4.69, 9.17) is 4.74 Å². The van der Waals surface area contributed by atoms with Crippen LogP contribution < -0.4 is 0 Å². The van der Waals surface area contributed by atoms with E-state index in [0.717, 1.165) is 16.9 Å². The van der Waals surface area contributed by atoms with E-state index in [2.05, 4.69) is 34.8 Å². The van der Waals surface area contributed by atoms with Gasteiger partial charge in [-0.2, -0.15) is 0 Å². The molecule has 1 aliphatic heterocycles. The van der Waals surface area contributed by atoms with Crippen molar-refractivity contribution in [3.8, 4) is 0 Å². The highest BCUT2D eigenvalue weighted by Gasteiger charge is 2.34. The van der Waals surface area contributed by atoms with Crippen LogP contribution in [0.15, 0.2) is 18.2 Å². The first-order valence-electron chi connectivity index (χ1n) is 7.48. The van der Waals surface area contributed by atoms with E-state index in [0.29, 0.717) is 25.7 Å². The van der Waals surface area contributed by atoms with Gasteiger partial charge in [-0.25, -0.2) is 9.37 Å². The van der Waals surface area contributed by atoms with Crippen LogP contribution in [-0.2, 0) is 11.3 Å². The molecule has 2 heterocycles. The minimum atomic E-state index is -0.918. The molecular formula is C16H22FN3O. The minimum absolute atomic E-state index is 0.324. The minimum Gasteiger partial charge on any atom is -0.366 e. The summed E-state index contributed by atoms with van der Waals surface area (Å²) in [6, 6.07) is 6.42. The summed E-state index contributed by atoms with van der Waals surface area (Å²) >= 11 is 0. The first-order valence-corrected chi connectivity index (χ1v) is 7.48. The summed E-state index contributed by atoms with van der Waals surface area (Å²) in [7, 11) is 0. The van der Waals surface area contributed by atoms with Gasteiger partial charge < -0.3 is 9.72 Å². The molecule has 0 bridgehead atoms. The molecule has 0 amide bonds. The zero-order valence-electron chi connectivity index (χ0n) is 12.8. The van der Waals surface area contributed by atoms with Crippen LogP contribution >= 0.6 is 0 Å². The number of nitrogens with one attached hydrogen (secondary N) is 1. The van der Waals surface area contributed by atoms with Gasteiger partial charge in [0.05, 0.1) is 11.0 Å². The number of alkyl halides is 1. The zero-order chi connectivity index (χ0) is 15.0. The molecule has 0 radical (unpaired) electrons. The number of hydrogen-bond acceptors (Lipinski definition) is 3. The summed E-state index contributed by atoms with van der Waals surface area (Å²) < 4.78 is 19.7. The van der Waals surface area contributed by atoms with Crippen molar-refractivity contribution < 1.29 is 9.13 Å². The number of aryl methyl sites for hydroxylation is 1. The Labute approximate surface area is 124 Å². The van der Waals surface area contributed by atoms with Gasteiger partial charge in [0, 0.05) is 19.1 Å². The Bertz CT molecular complexity index is 625. The fraction of sp³-hybridized carbons (Fsp3) is 0.562. The predicted octanol–water partition coefficient (Wildman–Crippen LogP) is 2.82. The van der Waals surface area contributed by atoms with Crippen LogP contribution in [0, 0.1) is 6.92 Å². The van der Waals surface area contributed by atoms with Gasteiger partial charge in [-0.05, 0) is 38.5 Å². The molecule has 0 spiro atoms. The zero-order valence-corrected chi connectivity index (χ0v) is 12.8. The monoisotopic (exact) mass is 291 g/mol. The lowest BCUT2D eigenvalue weighted by Gasteiger charge is -2.19. The number of hydrogen-bond donors (Lipinski definition) is 1. The summed E-state index contributed by atoms with van der Waals surface area (Å²) in [4.78, 5) is 9.82. The third-order valence-electron chi connectivity index (χ3n) is 4.08. The number of imidazole rings is 1. The van der Waals surface area contributed by atoms with Crippen molar-refractivity contribution in [2.45, 2.75) is 45.7 Å². The summed E-state index contributed by atoms with van der Waals surface area (Å²) in [5, 5.41) is 0. The van der Waals surface area contributed by atoms with E-state index in [1.54, 1.807) is 0 Å². The highest BCUT2D eigenvalue weighted by molar-refractivity contribution is 5.75. The number of aromatic amines is 1. The van der Waals surface area contributed by atoms with Crippen LogP contribution in [0.1, 0.15) is 25.2 Å². The number of aromatic nitrogens is 2. The van der Waals surface area contributed by atoms with Gasteiger partial charge in [0.15, 0.2) is 0 Å². The van der Waals surface area contributed by atoms with Crippen LogP contribution in [0.25, 0.3) is 11.0 Å². The lowest BCUT2D eigenvalue weighted by atomic mass is 10.2. The van der Waals surface area contributed by atoms with Gasteiger partial charge in [-0.15, -0.1) is 0 Å². The van der Waals surface area contributed by atoms with Crippen molar-refractivity contribution in [1.29, 1.82) is 0 Å². The molecule has 4 nitrogen and oxygen atoms in total. The average Bonchev–Trinajstić information content (AvgIpc) is 2.99. The fourth-order valence-corrected chi connectivity index (χ4v) is 2.77.